The normalized spacial score (nSPS) is 23.0. The molecule has 0 radical (unpaired) electrons. The topological polar surface area (TPSA) is 33.4 Å². The molecule has 2 aliphatic heterocycles. The number of nitrogens with zero attached hydrogens (tertiary/aromatic N) is 4. The van der Waals surface area contributed by atoms with Gasteiger partial charge in [0.15, 0.2) is 5.17 Å². The van der Waals surface area contributed by atoms with Crippen LogP contribution in [0.5, 0.6) is 0 Å². The largest absolute Gasteiger partial charge is 0.341 e. The number of hydrogen-bond acceptors (Lipinski definition) is 4. The van der Waals surface area contributed by atoms with Crippen LogP contribution in [0, 0.1) is 13.8 Å². The van der Waals surface area contributed by atoms with Crippen LogP contribution in [-0.2, 0) is 6.42 Å². The van der Waals surface area contributed by atoms with Gasteiger partial charge in [-0.05, 0) is 61.7 Å². The SMILES string of the molecule is CCc1ccc(-n2c(C)cc([C@H]3[C@H](c4ccccn4)N=C4S[C@@H](C)CN43)c2C)cc1. The Labute approximate surface area is 183 Å². The first-order valence-corrected chi connectivity index (χ1v) is 11.6. The van der Waals surface area contributed by atoms with E-state index >= 15 is 0 Å². The molecule has 0 aliphatic carbocycles. The molecule has 30 heavy (non-hydrogen) atoms. The van der Waals surface area contributed by atoms with Crippen LogP contribution in [0.25, 0.3) is 5.69 Å². The molecule has 2 aromatic heterocycles. The molecule has 4 nitrogen and oxygen atoms in total. The molecule has 1 fully saturated rings. The molecule has 1 aromatic carbocycles. The molecule has 5 heteroatoms. The quantitative estimate of drug-likeness (QED) is 0.552. The van der Waals surface area contributed by atoms with Gasteiger partial charge in [-0.15, -0.1) is 0 Å². The summed E-state index contributed by atoms with van der Waals surface area (Å²) in [5.41, 5.74) is 7.56. The summed E-state index contributed by atoms with van der Waals surface area (Å²) in [6, 6.07) is 17.7. The summed E-state index contributed by atoms with van der Waals surface area (Å²) >= 11 is 1.89. The number of amidine groups is 1. The summed E-state index contributed by atoms with van der Waals surface area (Å²) in [6.45, 7) is 9.97. The molecule has 3 atom stereocenters. The van der Waals surface area contributed by atoms with E-state index in [-0.39, 0.29) is 12.1 Å². The van der Waals surface area contributed by atoms with Crippen molar-refractivity contribution in [3.8, 4) is 5.69 Å². The van der Waals surface area contributed by atoms with E-state index < -0.39 is 0 Å². The first-order chi connectivity index (χ1) is 14.6. The predicted molar refractivity (Wildman–Crippen MR) is 126 cm³/mol. The molecule has 0 spiro atoms. The minimum Gasteiger partial charge on any atom is -0.341 e. The highest BCUT2D eigenvalue weighted by Gasteiger charge is 2.44. The molecule has 1 saturated heterocycles. The Morgan fingerprint density at radius 3 is 2.60 bits per heavy atom. The number of hydrogen-bond donors (Lipinski definition) is 0. The minimum absolute atomic E-state index is 0.0395. The molecule has 2 aliphatic rings. The lowest BCUT2D eigenvalue weighted by Crippen LogP contribution is -2.28. The molecule has 0 N–H and O–H groups in total. The Morgan fingerprint density at radius 1 is 1.10 bits per heavy atom. The lowest BCUT2D eigenvalue weighted by molar-refractivity contribution is 0.320. The van der Waals surface area contributed by atoms with E-state index in [2.05, 4.69) is 84.6 Å². The second kappa shape index (κ2) is 7.62. The van der Waals surface area contributed by atoms with Crippen molar-refractivity contribution in [1.82, 2.24) is 14.5 Å². The third kappa shape index (κ3) is 3.16. The van der Waals surface area contributed by atoms with Crippen molar-refractivity contribution in [2.24, 2.45) is 4.99 Å². The Bertz CT molecular complexity index is 1080. The summed E-state index contributed by atoms with van der Waals surface area (Å²) in [4.78, 5) is 12.3. The van der Waals surface area contributed by atoms with Crippen LogP contribution in [0.15, 0.2) is 59.7 Å². The van der Waals surface area contributed by atoms with Gasteiger partial charge in [-0.2, -0.15) is 0 Å². The summed E-state index contributed by atoms with van der Waals surface area (Å²) in [7, 11) is 0. The van der Waals surface area contributed by atoms with Crippen LogP contribution in [0.1, 0.15) is 54.1 Å². The van der Waals surface area contributed by atoms with E-state index in [1.54, 1.807) is 0 Å². The van der Waals surface area contributed by atoms with Crippen molar-refractivity contribution >= 4 is 16.9 Å². The number of pyridine rings is 1. The van der Waals surface area contributed by atoms with E-state index in [0.717, 1.165) is 18.7 Å². The average Bonchev–Trinajstić information content (AvgIpc) is 3.38. The van der Waals surface area contributed by atoms with E-state index in [1.807, 2.05) is 24.0 Å². The molecule has 0 unspecified atom stereocenters. The van der Waals surface area contributed by atoms with Crippen molar-refractivity contribution in [3.05, 3.63) is 82.9 Å². The lowest BCUT2D eigenvalue weighted by atomic mass is 9.96. The Hall–Kier alpha value is -2.53. The summed E-state index contributed by atoms with van der Waals surface area (Å²) < 4.78 is 2.38. The van der Waals surface area contributed by atoms with Crippen LogP contribution in [0.4, 0.5) is 0 Å². The molecule has 4 heterocycles. The Morgan fingerprint density at radius 2 is 1.90 bits per heavy atom. The molecular formula is C25H28N4S. The van der Waals surface area contributed by atoms with Gasteiger partial charge >= 0.3 is 0 Å². The summed E-state index contributed by atoms with van der Waals surface area (Å²) in [6.07, 6.45) is 2.94. The molecule has 5 rings (SSSR count). The van der Waals surface area contributed by atoms with Crippen LogP contribution in [0.2, 0.25) is 0 Å². The maximum Gasteiger partial charge on any atom is 0.160 e. The highest BCUT2D eigenvalue weighted by atomic mass is 32.2. The third-order valence-corrected chi connectivity index (χ3v) is 7.38. The second-order valence-electron chi connectivity index (χ2n) is 8.32. The number of aromatic nitrogens is 2. The molecule has 0 amide bonds. The molecule has 0 bridgehead atoms. The van der Waals surface area contributed by atoms with Gasteiger partial charge in [-0.25, -0.2) is 0 Å². The lowest BCUT2D eigenvalue weighted by Gasteiger charge is -2.27. The van der Waals surface area contributed by atoms with Gasteiger partial charge in [0.25, 0.3) is 0 Å². The highest BCUT2D eigenvalue weighted by Crippen LogP contribution is 2.48. The van der Waals surface area contributed by atoms with Crippen molar-refractivity contribution in [3.63, 3.8) is 0 Å². The highest BCUT2D eigenvalue weighted by molar-refractivity contribution is 8.14. The predicted octanol–water partition coefficient (Wildman–Crippen LogP) is 5.64. The molecular weight excluding hydrogens is 388 g/mol. The summed E-state index contributed by atoms with van der Waals surface area (Å²) in [5, 5.41) is 1.74. The molecule has 154 valence electrons. The van der Waals surface area contributed by atoms with E-state index in [1.165, 1.54) is 33.4 Å². The zero-order chi connectivity index (χ0) is 20.8. The maximum atomic E-state index is 5.14. The van der Waals surface area contributed by atoms with Crippen molar-refractivity contribution in [1.29, 1.82) is 0 Å². The minimum atomic E-state index is 0.0395. The van der Waals surface area contributed by atoms with Crippen LogP contribution >= 0.6 is 11.8 Å². The number of aliphatic imine (C=N–C) groups is 1. The number of fused-ring (bicyclic) bond motifs is 1. The van der Waals surface area contributed by atoms with Gasteiger partial charge in [0.1, 0.15) is 6.04 Å². The standard InChI is InChI=1S/C25H28N4S/c1-5-19-9-11-20(12-10-19)29-16(2)14-21(18(29)4)24-23(22-8-6-7-13-26-22)27-25-28(24)15-17(3)30-25/h6-14,17,23-24H,5,15H2,1-4H3/t17-,23-,24-/m0/s1. The second-order valence-corrected chi connectivity index (χ2v) is 9.72. The Kier molecular flexibility index (Phi) is 4.94. The van der Waals surface area contributed by atoms with Crippen LogP contribution in [-0.4, -0.2) is 31.4 Å². The number of benzene rings is 1. The smallest absolute Gasteiger partial charge is 0.160 e. The van der Waals surface area contributed by atoms with E-state index in [0.29, 0.717) is 5.25 Å². The first kappa shape index (κ1) is 19.4. The molecule has 0 saturated carbocycles. The van der Waals surface area contributed by atoms with Crippen molar-refractivity contribution in [2.45, 2.75) is 51.4 Å². The van der Waals surface area contributed by atoms with E-state index in [9.17, 15) is 0 Å². The molecule has 3 aromatic rings. The first-order valence-electron chi connectivity index (χ1n) is 10.8. The maximum absolute atomic E-state index is 5.14. The average molecular weight is 417 g/mol. The van der Waals surface area contributed by atoms with E-state index in [4.69, 9.17) is 4.99 Å². The van der Waals surface area contributed by atoms with Crippen LogP contribution < -0.4 is 0 Å². The van der Waals surface area contributed by atoms with Gasteiger partial charge in [-0.1, -0.05) is 43.8 Å². The van der Waals surface area contributed by atoms with Gasteiger partial charge in [0.2, 0.25) is 0 Å². The van der Waals surface area contributed by atoms with Crippen molar-refractivity contribution < 1.29 is 0 Å². The Balaban J connectivity index is 1.59. The number of aryl methyl sites for hydroxylation is 2. The van der Waals surface area contributed by atoms with Gasteiger partial charge in [0.05, 0.1) is 11.7 Å². The van der Waals surface area contributed by atoms with Gasteiger partial charge < -0.3 is 9.47 Å². The fourth-order valence-electron chi connectivity index (χ4n) is 4.82. The fourth-order valence-corrected chi connectivity index (χ4v) is 5.91. The van der Waals surface area contributed by atoms with Gasteiger partial charge in [0, 0.05) is 35.1 Å². The van der Waals surface area contributed by atoms with Gasteiger partial charge in [-0.3, -0.25) is 9.98 Å². The number of thioether (sulfide) groups is 1. The fraction of sp³-hybridized carbons (Fsp3) is 0.360. The summed E-state index contributed by atoms with van der Waals surface area (Å²) in [5.74, 6) is 0. The van der Waals surface area contributed by atoms with Crippen molar-refractivity contribution in [2.75, 3.05) is 6.54 Å². The number of rotatable bonds is 4. The zero-order valence-corrected chi connectivity index (χ0v) is 18.9. The van der Waals surface area contributed by atoms with Crippen LogP contribution in [0.3, 0.4) is 0 Å². The zero-order valence-electron chi connectivity index (χ0n) is 18.0. The monoisotopic (exact) mass is 416 g/mol. The third-order valence-electron chi connectivity index (χ3n) is 6.27.